The summed E-state index contributed by atoms with van der Waals surface area (Å²) in [5.74, 6) is 0.921. The van der Waals surface area contributed by atoms with Gasteiger partial charge < -0.3 is 19.9 Å². The molecule has 0 spiro atoms. The van der Waals surface area contributed by atoms with Crippen LogP contribution in [0.25, 0.3) is 0 Å². The van der Waals surface area contributed by atoms with Crippen molar-refractivity contribution in [1.82, 2.24) is 10.2 Å². The Morgan fingerprint density at radius 1 is 1.26 bits per heavy atom. The number of carbonyl (C=O) groups excluding carboxylic acids is 1. The van der Waals surface area contributed by atoms with Crippen LogP contribution < -0.4 is 10.2 Å². The second kappa shape index (κ2) is 11.5. The van der Waals surface area contributed by atoms with Crippen molar-refractivity contribution in [1.29, 1.82) is 0 Å². The first kappa shape index (κ1) is 21.1. The molecule has 0 atom stereocenters. The van der Waals surface area contributed by atoms with Crippen molar-refractivity contribution in [2.45, 2.75) is 32.6 Å². The SMILES string of the molecule is CCOC(=O)C1CCN(C(=NC)NCCCCN(C)c2ccccc2)CC1. The Balaban J connectivity index is 1.64. The lowest BCUT2D eigenvalue weighted by Gasteiger charge is -2.33. The number of carbonyl (C=O) groups is 1. The second-order valence-electron chi connectivity index (χ2n) is 6.95. The van der Waals surface area contributed by atoms with E-state index in [1.165, 1.54) is 5.69 Å². The highest BCUT2D eigenvalue weighted by Gasteiger charge is 2.27. The minimum absolute atomic E-state index is 0.0350. The van der Waals surface area contributed by atoms with Crippen LogP contribution in [0.3, 0.4) is 0 Å². The molecular weight excluding hydrogens is 340 g/mol. The smallest absolute Gasteiger partial charge is 0.309 e. The number of anilines is 1. The molecule has 1 aromatic rings. The average molecular weight is 375 g/mol. The van der Waals surface area contributed by atoms with Crippen molar-refractivity contribution < 1.29 is 9.53 Å². The van der Waals surface area contributed by atoms with E-state index in [9.17, 15) is 4.79 Å². The Morgan fingerprint density at radius 3 is 2.59 bits per heavy atom. The number of ether oxygens (including phenoxy) is 1. The van der Waals surface area contributed by atoms with Gasteiger partial charge in [0, 0.05) is 46.0 Å². The van der Waals surface area contributed by atoms with Gasteiger partial charge in [-0.15, -0.1) is 0 Å². The van der Waals surface area contributed by atoms with Crippen LogP contribution in [0.4, 0.5) is 5.69 Å². The summed E-state index contributed by atoms with van der Waals surface area (Å²) in [6.07, 6.45) is 3.89. The molecule has 1 aliphatic rings. The molecule has 1 N–H and O–H groups in total. The van der Waals surface area contributed by atoms with Gasteiger partial charge in [-0.05, 0) is 44.7 Å². The predicted octanol–water partition coefficient (Wildman–Crippen LogP) is 2.75. The van der Waals surface area contributed by atoms with E-state index in [0.717, 1.165) is 57.8 Å². The quantitative estimate of drug-likeness (QED) is 0.328. The molecule has 0 radical (unpaired) electrons. The number of rotatable bonds is 8. The van der Waals surface area contributed by atoms with Crippen LogP contribution in [-0.4, -0.2) is 63.7 Å². The van der Waals surface area contributed by atoms with Crippen LogP contribution in [0.1, 0.15) is 32.6 Å². The minimum atomic E-state index is -0.0531. The first-order valence-corrected chi connectivity index (χ1v) is 10.0. The van der Waals surface area contributed by atoms with Gasteiger partial charge in [-0.25, -0.2) is 0 Å². The first-order valence-electron chi connectivity index (χ1n) is 10.0. The Morgan fingerprint density at radius 2 is 1.96 bits per heavy atom. The molecule has 1 fully saturated rings. The third-order valence-corrected chi connectivity index (χ3v) is 5.03. The van der Waals surface area contributed by atoms with Crippen molar-refractivity contribution >= 4 is 17.6 Å². The number of benzene rings is 1. The normalized spacial score (nSPS) is 15.5. The van der Waals surface area contributed by atoms with E-state index in [1.54, 1.807) is 0 Å². The number of guanidine groups is 1. The van der Waals surface area contributed by atoms with Crippen molar-refractivity contribution in [3.05, 3.63) is 30.3 Å². The summed E-state index contributed by atoms with van der Waals surface area (Å²) in [6, 6.07) is 10.5. The fourth-order valence-electron chi connectivity index (χ4n) is 3.41. The number of para-hydroxylation sites is 1. The number of unbranched alkanes of at least 4 members (excludes halogenated alkanes) is 1. The van der Waals surface area contributed by atoms with Crippen molar-refractivity contribution in [2.24, 2.45) is 10.9 Å². The highest BCUT2D eigenvalue weighted by atomic mass is 16.5. The van der Waals surface area contributed by atoms with Gasteiger partial charge in [0.2, 0.25) is 0 Å². The topological polar surface area (TPSA) is 57.2 Å². The molecule has 1 saturated heterocycles. The van der Waals surface area contributed by atoms with E-state index < -0.39 is 0 Å². The Hall–Kier alpha value is -2.24. The zero-order valence-electron chi connectivity index (χ0n) is 17.0. The summed E-state index contributed by atoms with van der Waals surface area (Å²) in [7, 11) is 3.96. The van der Waals surface area contributed by atoms with E-state index >= 15 is 0 Å². The zero-order valence-corrected chi connectivity index (χ0v) is 17.0. The summed E-state index contributed by atoms with van der Waals surface area (Å²) >= 11 is 0. The Kier molecular flexibility index (Phi) is 8.95. The van der Waals surface area contributed by atoms with E-state index in [4.69, 9.17) is 4.74 Å². The zero-order chi connectivity index (χ0) is 19.5. The maximum Gasteiger partial charge on any atom is 0.309 e. The van der Waals surface area contributed by atoms with Gasteiger partial charge in [0.25, 0.3) is 0 Å². The molecule has 0 aromatic heterocycles. The number of nitrogens with zero attached hydrogens (tertiary/aromatic N) is 3. The van der Waals surface area contributed by atoms with E-state index in [2.05, 4.69) is 51.4 Å². The van der Waals surface area contributed by atoms with Crippen LogP contribution in [-0.2, 0) is 9.53 Å². The van der Waals surface area contributed by atoms with Gasteiger partial charge in [0.05, 0.1) is 12.5 Å². The minimum Gasteiger partial charge on any atom is -0.466 e. The summed E-state index contributed by atoms with van der Waals surface area (Å²) in [6.45, 7) is 5.96. The van der Waals surface area contributed by atoms with Gasteiger partial charge in [-0.2, -0.15) is 0 Å². The molecule has 150 valence electrons. The number of nitrogens with one attached hydrogen (secondary N) is 1. The van der Waals surface area contributed by atoms with E-state index in [0.29, 0.717) is 6.61 Å². The highest BCUT2D eigenvalue weighted by molar-refractivity contribution is 5.80. The standard InChI is InChI=1S/C21H34N4O2/c1-4-27-20(26)18-12-16-25(17-13-18)21(22-2)23-14-8-9-15-24(3)19-10-6-5-7-11-19/h5-7,10-11,18H,4,8-9,12-17H2,1-3H3,(H,22,23). The van der Waals surface area contributed by atoms with Crippen LogP contribution >= 0.6 is 0 Å². The molecule has 1 heterocycles. The maximum atomic E-state index is 11.9. The molecule has 1 aliphatic heterocycles. The molecule has 0 aliphatic carbocycles. The number of hydrogen-bond donors (Lipinski definition) is 1. The van der Waals surface area contributed by atoms with Gasteiger partial charge in [-0.1, -0.05) is 18.2 Å². The number of piperidine rings is 1. The fraction of sp³-hybridized carbons (Fsp3) is 0.619. The lowest BCUT2D eigenvalue weighted by Crippen LogP contribution is -2.47. The van der Waals surface area contributed by atoms with Gasteiger partial charge >= 0.3 is 5.97 Å². The van der Waals surface area contributed by atoms with Crippen LogP contribution in [0.5, 0.6) is 0 Å². The summed E-state index contributed by atoms with van der Waals surface area (Å²) in [5, 5.41) is 3.46. The van der Waals surface area contributed by atoms with Crippen molar-refractivity contribution in [3.63, 3.8) is 0 Å². The molecule has 6 heteroatoms. The average Bonchev–Trinajstić information content (AvgIpc) is 2.71. The van der Waals surface area contributed by atoms with Crippen LogP contribution in [0, 0.1) is 5.92 Å². The van der Waals surface area contributed by atoms with Crippen LogP contribution in [0.15, 0.2) is 35.3 Å². The first-order chi connectivity index (χ1) is 13.2. The Labute approximate surface area is 163 Å². The third-order valence-electron chi connectivity index (χ3n) is 5.03. The largest absolute Gasteiger partial charge is 0.466 e. The number of esters is 1. The number of hydrogen-bond acceptors (Lipinski definition) is 4. The molecule has 2 rings (SSSR count). The number of aliphatic imine (C=N–C) groups is 1. The van der Waals surface area contributed by atoms with Gasteiger partial charge in [0.15, 0.2) is 5.96 Å². The second-order valence-corrected chi connectivity index (χ2v) is 6.95. The highest BCUT2D eigenvalue weighted by Crippen LogP contribution is 2.18. The lowest BCUT2D eigenvalue weighted by atomic mass is 9.97. The molecule has 0 saturated carbocycles. The fourth-order valence-corrected chi connectivity index (χ4v) is 3.41. The van der Waals surface area contributed by atoms with E-state index in [-0.39, 0.29) is 11.9 Å². The van der Waals surface area contributed by atoms with Crippen molar-refractivity contribution in [3.8, 4) is 0 Å². The molecule has 27 heavy (non-hydrogen) atoms. The predicted molar refractivity (Wildman–Crippen MR) is 111 cm³/mol. The monoisotopic (exact) mass is 374 g/mol. The van der Waals surface area contributed by atoms with Crippen molar-refractivity contribution in [2.75, 3.05) is 51.8 Å². The molecule has 0 unspecified atom stereocenters. The summed E-state index contributed by atoms with van der Waals surface area (Å²) in [4.78, 5) is 20.8. The summed E-state index contributed by atoms with van der Waals surface area (Å²) < 4.78 is 5.14. The lowest BCUT2D eigenvalue weighted by molar-refractivity contribution is -0.149. The molecule has 0 bridgehead atoms. The third kappa shape index (κ3) is 6.77. The van der Waals surface area contributed by atoms with E-state index in [1.807, 2.05) is 20.0 Å². The number of likely N-dealkylation sites (tertiary alicyclic amines) is 1. The molecule has 6 nitrogen and oxygen atoms in total. The molecular formula is C21H34N4O2. The maximum absolute atomic E-state index is 11.9. The van der Waals surface area contributed by atoms with Gasteiger partial charge in [0.1, 0.15) is 0 Å². The summed E-state index contributed by atoms with van der Waals surface area (Å²) in [5.41, 5.74) is 1.26. The molecule has 1 aromatic carbocycles. The van der Waals surface area contributed by atoms with Crippen LogP contribution in [0.2, 0.25) is 0 Å². The Bertz CT molecular complexity index is 583. The molecule has 0 amide bonds. The van der Waals surface area contributed by atoms with Gasteiger partial charge in [-0.3, -0.25) is 9.79 Å².